The first-order chi connectivity index (χ1) is 10.1. The van der Waals surface area contributed by atoms with E-state index in [2.05, 4.69) is 5.32 Å². The Labute approximate surface area is 125 Å². The maximum Gasteiger partial charge on any atom is 0.220 e. The van der Waals surface area contributed by atoms with E-state index >= 15 is 0 Å². The lowest BCUT2D eigenvalue weighted by Crippen LogP contribution is -2.34. The van der Waals surface area contributed by atoms with Crippen molar-refractivity contribution < 1.29 is 9.21 Å². The number of rotatable bonds is 7. The lowest BCUT2D eigenvalue weighted by atomic mass is 10.0. The molecule has 1 aromatic carbocycles. The summed E-state index contributed by atoms with van der Waals surface area (Å²) in [7, 11) is 0. The van der Waals surface area contributed by atoms with E-state index in [-0.39, 0.29) is 18.0 Å². The summed E-state index contributed by atoms with van der Waals surface area (Å²) in [6.45, 7) is 1.97. The van der Waals surface area contributed by atoms with Crippen molar-refractivity contribution in [3.8, 4) is 0 Å². The quantitative estimate of drug-likeness (QED) is 0.822. The number of nitrogens with one attached hydrogen (secondary N) is 1. The molecule has 0 aliphatic carbocycles. The summed E-state index contributed by atoms with van der Waals surface area (Å²) in [6, 6.07) is 13.6. The topological polar surface area (TPSA) is 68.3 Å². The standard InChI is InChI=1S/C17H22N2O2/c1-13(12-15-8-5-11-21-15)19-17(20)10-9-16(18)14-6-3-2-4-7-14/h2-8,11,13,16H,9-10,12,18H2,1H3,(H,19,20). The molecule has 3 N–H and O–H groups in total. The molecule has 0 bridgehead atoms. The Kier molecular flexibility index (Phi) is 5.58. The van der Waals surface area contributed by atoms with E-state index in [9.17, 15) is 4.79 Å². The molecule has 2 rings (SSSR count). The van der Waals surface area contributed by atoms with Gasteiger partial charge in [-0.15, -0.1) is 0 Å². The van der Waals surface area contributed by atoms with Crippen LogP contribution >= 0.6 is 0 Å². The second-order valence-electron chi connectivity index (χ2n) is 5.31. The normalized spacial score (nSPS) is 13.6. The van der Waals surface area contributed by atoms with Gasteiger partial charge in [0.1, 0.15) is 5.76 Å². The zero-order valence-corrected chi connectivity index (χ0v) is 12.3. The first kappa shape index (κ1) is 15.3. The number of hydrogen-bond acceptors (Lipinski definition) is 3. The van der Waals surface area contributed by atoms with Crippen LogP contribution in [0.5, 0.6) is 0 Å². The van der Waals surface area contributed by atoms with Crippen LogP contribution in [0.1, 0.15) is 37.1 Å². The van der Waals surface area contributed by atoms with Gasteiger partial charge in [0.25, 0.3) is 0 Å². The Morgan fingerprint density at radius 3 is 2.67 bits per heavy atom. The van der Waals surface area contributed by atoms with E-state index in [0.29, 0.717) is 19.3 Å². The molecule has 0 saturated heterocycles. The highest BCUT2D eigenvalue weighted by molar-refractivity contribution is 5.76. The van der Waals surface area contributed by atoms with Gasteiger partial charge in [0.05, 0.1) is 6.26 Å². The van der Waals surface area contributed by atoms with Crippen LogP contribution in [0.25, 0.3) is 0 Å². The van der Waals surface area contributed by atoms with Gasteiger partial charge in [-0.1, -0.05) is 30.3 Å². The van der Waals surface area contributed by atoms with Crippen LogP contribution in [0, 0.1) is 0 Å². The fraction of sp³-hybridized carbons (Fsp3) is 0.353. The summed E-state index contributed by atoms with van der Waals surface area (Å²) in [5, 5.41) is 2.97. The zero-order chi connectivity index (χ0) is 15.1. The van der Waals surface area contributed by atoms with Crippen LogP contribution in [-0.2, 0) is 11.2 Å². The average molecular weight is 286 g/mol. The molecule has 2 aromatic rings. The van der Waals surface area contributed by atoms with E-state index in [0.717, 1.165) is 11.3 Å². The molecule has 2 atom stereocenters. The molecular formula is C17H22N2O2. The van der Waals surface area contributed by atoms with E-state index in [1.54, 1.807) is 6.26 Å². The van der Waals surface area contributed by atoms with Crippen LogP contribution in [0.15, 0.2) is 53.1 Å². The average Bonchev–Trinajstić information content (AvgIpc) is 2.98. The molecule has 4 heteroatoms. The third-order valence-corrected chi connectivity index (χ3v) is 3.40. The molecule has 1 heterocycles. The summed E-state index contributed by atoms with van der Waals surface area (Å²) in [6.07, 6.45) is 3.41. The third-order valence-electron chi connectivity index (χ3n) is 3.40. The first-order valence-corrected chi connectivity index (χ1v) is 7.27. The molecule has 0 spiro atoms. The van der Waals surface area contributed by atoms with Gasteiger partial charge in [0.2, 0.25) is 5.91 Å². The number of benzene rings is 1. The predicted octanol–water partition coefficient (Wildman–Crippen LogP) is 2.81. The highest BCUT2D eigenvalue weighted by Gasteiger charge is 2.12. The number of carbonyl (C=O) groups excluding carboxylic acids is 1. The minimum Gasteiger partial charge on any atom is -0.469 e. The van der Waals surface area contributed by atoms with Gasteiger partial charge < -0.3 is 15.5 Å². The van der Waals surface area contributed by atoms with Gasteiger partial charge in [-0.2, -0.15) is 0 Å². The van der Waals surface area contributed by atoms with Crippen molar-refractivity contribution in [3.05, 3.63) is 60.1 Å². The maximum absolute atomic E-state index is 11.9. The molecule has 1 aromatic heterocycles. The largest absolute Gasteiger partial charge is 0.469 e. The molecule has 0 fully saturated rings. The van der Waals surface area contributed by atoms with E-state index in [1.807, 2.05) is 49.4 Å². The summed E-state index contributed by atoms with van der Waals surface area (Å²) in [4.78, 5) is 11.9. The van der Waals surface area contributed by atoms with Crippen LogP contribution in [0.3, 0.4) is 0 Å². The van der Waals surface area contributed by atoms with Gasteiger partial charge in [0, 0.05) is 24.9 Å². The third kappa shape index (κ3) is 5.08. The van der Waals surface area contributed by atoms with Crippen molar-refractivity contribution in [1.29, 1.82) is 0 Å². The smallest absolute Gasteiger partial charge is 0.220 e. The van der Waals surface area contributed by atoms with Crippen molar-refractivity contribution in [2.75, 3.05) is 0 Å². The second kappa shape index (κ2) is 7.64. The molecule has 0 saturated carbocycles. The molecule has 21 heavy (non-hydrogen) atoms. The highest BCUT2D eigenvalue weighted by Crippen LogP contribution is 2.15. The van der Waals surface area contributed by atoms with Crippen molar-refractivity contribution in [2.24, 2.45) is 5.73 Å². The van der Waals surface area contributed by atoms with Crippen LogP contribution in [0.4, 0.5) is 0 Å². The van der Waals surface area contributed by atoms with E-state index in [1.165, 1.54) is 0 Å². The van der Waals surface area contributed by atoms with Crippen molar-refractivity contribution in [3.63, 3.8) is 0 Å². The summed E-state index contributed by atoms with van der Waals surface area (Å²) in [5.74, 6) is 0.907. The van der Waals surface area contributed by atoms with Gasteiger partial charge in [-0.25, -0.2) is 0 Å². The molecule has 2 unspecified atom stereocenters. The fourth-order valence-electron chi connectivity index (χ4n) is 2.28. The number of hydrogen-bond donors (Lipinski definition) is 2. The molecule has 112 valence electrons. The highest BCUT2D eigenvalue weighted by atomic mass is 16.3. The van der Waals surface area contributed by atoms with Gasteiger partial charge in [-0.3, -0.25) is 4.79 Å². The van der Waals surface area contributed by atoms with Gasteiger partial charge in [-0.05, 0) is 31.0 Å². The molecule has 4 nitrogen and oxygen atoms in total. The predicted molar refractivity (Wildman–Crippen MR) is 82.6 cm³/mol. The van der Waals surface area contributed by atoms with Crippen molar-refractivity contribution in [1.82, 2.24) is 5.32 Å². The first-order valence-electron chi connectivity index (χ1n) is 7.27. The van der Waals surface area contributed by atoms with Gasteiger partial charge >= 0.3 is 0 Å². The summed E-state index contributed by atoms with van der Waals surface area (Å²) < 4.78 is 5.27. The zero-order valence-electron chi connectivity index (χ0n) is 12.3. The van der Waals surface area contributed by atoms with Crippen LogP contribution in [0.2, 0.25) is 0 Å². The van der Waals surface area contributed by atoms with Crippen LogP contribution < -0.4 is 11.1 Å². The number of furan rings is 1. The molecule has 0 radical (unpaired) electrons. The van der Waals surface area contributed by atoms with Crippen molar-refractivity contribution in [2.45, 2.75) is 38.3 Å². The Balaban J connectivity index is 1.72. The molecule has 0 aliphatic rings. The van der Waals surface area contributed by atoms with Gasteiger partial charge in [0.15, 0.2) is 0 Å². The summed E-state index contributed by atoms with van der Waals surface area (Å²) >= 11 is 0. The summed E-state index contributed by atoms with van der Waals surface area (Å²) in [5.41, 5.74) is 7.15. The lowest BCUT2D eigenvalue weighted by molar-refractivity contribution is -0.121. The SMILES string of the molecule is CC(Cc1ccco1)NC(=O)CCC(N)c1ccccc1. The number of nitrogens with two attached hydrogens (primary N) is 1. The Bertz CT molecular complexity index is 537. The molecule has 1 amide bonds. The molecular weight excluding hydrogens is 264 g/mol. The monoisotopic (exact) mass is 286 g/mol. The van der Waals surface area contributed by atoms with Crippen LogP contribution in [-0.4, -0.2) is 11.9 Å². The number of carbonyl (C=O) groups is 1. The number of amides is 1. The Morgan fingerprint density at radius 2 is 2.00 bits per heavy atom. The second-order valence-corrected chi connectivity index (χ2v) is 5.31. The minimum atomic E-state index is -0.0997. The fourth-order valence-corrected chi connectivity index (χ4v) is 2.28. The minimum absolute atomic E-state index is 0.0282. The Morgan fingerprint density at radius 1 is 1.24 bits per heavy atom. The maximum atomic E-state index is 11.9. The van der Waals surface area contributed by atoms with E-state index in [4.69, 9.17) is 10.2 Å². The molecule has 0 aliphatic heterocycles. The van der Waals surface area contributed by atoms with Crippen molar-refractivity contribution >= 4 is 5.91 Å². The Hall–Kier alpha value is -2.07. The van der Waals surface area contributed by atoms with E-state index < -0.39 is 0 Å². The lowest BCUT2D eigenvalue weighted by Gasteiger charge is -2.15.